The topological polar surface area (TPSA) is 68.9 Å². The van der Waals surface area contributed by atoms with Gasteiger partial charge in [-0.1, -0.05) is 0 Å². The van der Waals surface area contributed by atoms with Gasteiger partial charge >= 0.3 is 0 Å². The smallest absolute Gasteiger partial charge is 0.271 e. The number of nitrogens with one attached hydrogen (secondary N) is 1. The standard InChI is InChI=1S/C16H11F2N3O2S/c17-12-5-4-10(7-13(12)18)16-20-14(9-24-16)15(22)19-8-11-3-1-2-6-21(11)23/h1-7,9H,8H2,(H,19,22). The number of hydrogen-bond acceptors (Lipinski definition) is 4. The number of nitrogens with zero attached hydrogens (tertiary/aromatic N) is 2. The molecule has 2 aromatic heterocycles. The molecule has 3 aromatic rings. The highest BCUT2D eigenvalue weighted by Crippen LogP contribution is 2.25. The highest BCUT2D eigenvalue weighted by Gasteiger charge is 2.14. The third-order valence-corrected chi connectivity index (χ3v) is 4.13. The minimum Gasteiger partial charge on any atom is -0.618 e. The van der Waals surface area contributed by atoms with E-state index >= 15 is 0 Å². The van der Waals surface area contributed by atoms with Crippen molar-refractivity contribution in [1.29, 1.82) is 0 Å². The van der Waals surface area contributed by atoms with E-state index in [1.54, 1.807) is 18.2 Å². The van der Waals surface area contributed by atoms with Gasteiger partial charge in [-0.3, -0.25) is 4.79 Å². The first-order valence-electron chi connectivity index (χ1n) is 6.91. The molecule has 0 fully saturated rings. The van der Waals surface area contributed by atoms with Crippen LogP contribution >= 0.6 is 11.3 Å². The summed E-state index contributed by atoms with van der Waals surface area (Å²) < 4.78 is 26.9. The van der Waals surface area contributed by atoms with E-state index in [0.717, 1.165) is 23.5 Å². The molecule has 0 aliphatic carbocycles. The molecule has 0 aliphatic rings. The van der Waals surface area contributed by atoms with Crippen molar-refractivity contribution in [2.24, 2.45) is 0 Å². The molecule has 0 aliphatic heterocycles. The zero-order chi connectivity index (χ0) is 17.1. The summed E-state index contributed by atoms with van der Waals surface area (Å²) >= 11 is 1.14. The minimum atomic E-state index is -0.974. The first kappa shape index (κ1) is 16.0. The third-order valence-electron chi connectivity index (χ3n) is 3.24. The molecule has 1 amide bonds. The van der Waals surface area contributed by atoms with Crippen molar-refractivity contribution in [2.75, 3.05) is 0 Å². The normalized spacial score (nSPS) is 10.6. The number of carbonyl (C=O) groups excluding carboxylic acids is 1. The number of aromatic nitrogens is 2. The maximum Gasteiger partial charge on any atom is 0.271 e. The summed E-state index contributed by atoms with van der Waals surface area (Å²) in [6, 6.07) is 8.31. The quantitative estimate of drug-likeness (QED) is 0.583. The summed E-state index contributed by atoms with van der Waals surface area (Å²) in [5, 5.41) is 16.0. The lowest BCUT2D eigenvalue weighted by Crippen LogP contribution is -2.35. The van der Waals surface area contributed by atoms with Crippen molar-refractivity contribution >= 4 is 17.2 Å². The van der Waals surface area contributed by atoms with Crippen LogP contribution in [0, 0.1) is 16.8 Å². The highest BCUT2D eigenvalue weighted by molar-refractivity contribution is 7.13. The summed E-state index contributed by atoms with van der Waals surface area (Å²) in [7, 11) is 0. The maximum absolute atomic E-state index is 13.3. The number of hydrogen-bond donors (Lipinski definition) is 1. The molecule has 0 unspecified atom stereocenters. The summed E-state index contributed by atoms with van der Waals surface area (Å²) in [5.41, 5.74) is 0.924. The Morgan fingerprint density at radius 3 is 2.83 bits per heavy atom. The van der Waals surface area contributed by atoms with Gasteiger partial charge in [0.15, 0.2) is 17.8 Å². The predicted molar refractivity (Wildman–Crippen MR) is 84.0 cm³/mol. The van der Waals surface area contributed by atoms with Crippen molar-refractivity contribution in [3.05, 3.63) is 76.2 Å². The van der Waals surface area contributed by atoms with E-state index in [4.69, 9.17) is 0 Å². The van der Waals surface area contributed by atoms with E-state index in [9.17, 15) is 18.8 Å². The fourth-order valence-corrected chi connectivity index (χ4v) is 2.80. The van der Waals surface area contributed by atoms with E-state index in [1.165, 1.54) is 17.6 Å². The van der Waals surface area contributed by atoms with Crippen molar-refractivity contribution in [2.45, 2.75) is 6.54 Å². The third kappa shape index (κ3) is 3.38. The SMILES string of the molecule is O=C(NCc1cccc[n+]1[O-])c1csc(-c2ccc(F)c(F)c2)n1. The monoisotopic (exact) mass is 347 g/mol. The van der Waals surface area contributed by atoms with E-state index in [1.807, 2.05) is 0 Å². The predicted octanol–water partition coefficient (Wildman–Crippen LogP) is 2.65. The lowest BCUT2D eigenvalue weighted by molar-refractivity contribution is -0.614. The fourth-order valence-electron chi connectivity index (χ4n) is 2.00. The van der Waals surface area contributed by atoms with Gasteiger partial charge in [-0.05, 0) is 24.3 Å². The number of pyridine rings is 1. The molecule has 0 saturated carbocycles. The Morgan fingerprint density at radius 2 is 2.08 bits per heavy atom. The number of amides is 1. The van der Waals surface area contributed by atoms with Crippen LogP contribution in [0.25, 0.3) is 10.6 Å². The van der Waals surface area contributed by atoms with Crippen LogP contribution in [0.5, 0.6) is 0 Å². The number of rotatable bonds is 4. The van der Waals surface area contributed by atoms with Crippen molar-refractivity contribution in [3.63, 3.8) is 0 Å². The first-order chi connectivity index (χ1) is 11.5. The Hall–Kier alpha value is -2.87. The van der Waals surface area contributed by atoms with Crippen molar-refractivity contribution in [1.82, 2.24) is 10.3 Å². The van der Waals surface area contributed by atoms with Crippen LogP contribution in [-0.2, 0) is 6.54 Å². The average Bonchev–Trinajstić information content (AvgIpc) is 3.06. The van der Waals surface area contributed by atoms with Crippen LogP contribution in [0.1, 0.15) is 16.2 Å². The van der Waals surface area contributed by atoms with Gasteiger partial charge < -0.3 is 10.5 Å². The molecule has 8 heteroatoms. The van der Waals surface area contributed by atoms with Gasteiger partial charge in [0.1, 0.15) is 17.2 Å². The van der Waals surface area contributed by atoms with Crippen LogP contribution in [0.2, 0.25) is 0 Å². The lowest BCUT2D eigenvalue weighted by Gasteiger charge is -2.04. The summed E-state index contributed by atoms with van der Waals surface area (Å²) in [5.74, 6) is -2.37. The zero-order valence-electron chi connectivity index (χ0n) is 12.2. The number of benzene rings is 1. The Balaban J connectivity index is 1.72. The molecule has 0 spiro atoms. The van der Waals surface area contributed by atoms with Gasteiger partial charge in [-0.15, -0.1) is 11.3 Å². The molecule has 0 bridgehead atoms. The molecule has 3 rings (SSSR count). The number of carbonyl (C=O) groups is 1. The molecule has 122 valence electrons. The molecular weight excluding hydrogens is 336 g/mol. The second-order valence-electron chi connectivity index (χ2n) is 4.87. The number of thiazole rings is 1. The minimum absolute atomic E-state index is 0.0568. The van der Waals surface area contributed by atoms with Crippen LogP contribution in [0.3, 0.4) is 0 Å². The largest absolute Gasteiger partial charge is 0.618 e. The van der Waals surface area contributed by atoms with E-state index in [0.29, 0.717) is 21.0 Å². The molecule has 5 nitrogen and oxygen atoms in total. The second kappa shape index (κ2) is 6.71. The zero-order valence-corrected chi connectivity index (χ0v) is 13.0. The number of halogens is 2. The Kier molecular flexibility index (Phi) is 4.48. The molecule has 24 heavy (non-hydrogen) atoms. The van der Waals surface area contributed by atoms with E-state index < -0.39 is 17.5 Å². The van der Waals surface area contributed by atoms with Gasteiger partial charge in [-0.25, -0.2) is 13.8 Å². The van der Waals surface area contributed by atoms with E-state index in [2.05, 4.69) is 10.3 Å². The molecule has 1 aromatic carbocycles. The van der Waals surface area contributed by atoms with Gasteiger partial charge in [0.25, 0.3) is 5.91 Å². The Bertz CT molecular complexity index is 899. The van der Waals surface area contributed by atoms with Crippen molar-refractivity contribution < 1.29 is 18.3 Å². The van der Waals surface area contributed by atoms with Crippen LogP contribution in [-0.4, -0.2) is 10.9 Å². The maximum atomic E-state index is 13.3. The van der Waals surface area contributed by atoms with Gasteiger partial charge in [0.05, 0.1) is 0 Å². The Labute approximate surface area is 139 Å². The molecule has 1 N–H and O–H groups in total. The molecule has 0 atom stereocenters. The molecular formula is C16H11F2N3O2S. The summed E-state index contributed by atoms with van der Waals surface area (Å²) in [4.78, 5) is 16.2. The molecule has 0 saturated heterocycles. The van der Waals surface area contributed by atoms with Crippen LogP contribution < -0.4 is 10.0 Å². The van der Waals surface area contributed by atoms with Gasteiger partial charge in [-0.2, -0.15) is 4.73 Å². The van der Waals surface area contributed by atoms with Crippen molar-refractivity contribution in [3.8, 4) is 10.6 Å². The molecule has 0 radical (unpaired) electrons. The first-order valence-corrected chi connectivity index (χ1v) is 7.79. The highest BCUT2D eigenvalue weighted by atomic mass is 32.1. The Morgan fingerprint density at radius 1 is 1.25 bits per heavy atom. The van der Waals surface area contributed by atoms with Crippen LogP contribution in [0.4, 0.5) is 8.78 Å². The summed E-state index contributed by atoms with van der Waals surface area (Å²) in [6.07, 6.45) is 1.34. The second-order valence-corrected chi connectivity index (χ2v) is 5.73. The lowest BCUT2D eigenvalue weighted by atomic mass is 10.2. The van der Waals surface area contributed by atoms with Gasteiger partial charge in [0.2, 0.25) is 5.69 Å². The van der Waals surface area contributed by atoms with Crippen LogP contribution in [0.15, 0.2) is 48.0 Å². The molecule has 2 heterocycles. The average molecular weight is 347 g/mol. The summed E-state index contributed by atoms with van der Waals surface area (Å²) in [6.45, 7) is 0.0568. The fraction of sp³-hybridized carbons (Fsp3) is 0.0625. The van der Waals surface area contributed by atoms with Gasteiger partial charge in [0, 0.05) is 23.1 Å². The van der Waals surface area contributed by atoms with E-state index in [-0.39, 0.29) is 12.2 Å².